The van der Waals surface area contributed by atoms with E-state index in [0.29, 0.717) is 5.92 Å². The van der Waals surface area contributed by atoms with Gasteiger partial charge < -0.3 is 9.64 Å². The van der Waals surface area contributed by atoms with E-state index in [2.05, 4.69) is 6.92 Å². The number of hydrogen-bond donors (Lipinski definition) is 0. The monoisotopic (exact) mass is 185 g/mol. The molecule has 0 aliphatic carbocycles. The fourth-order valence-corrected chi connectivity index (χ4v) is 1.43. The molecule has 1 fully saturated rings. The number of rotatable bonds is 0. The first-order valence-corrected chi connectivity index (χ1v) is 4.86. The van der Waals surface area contributed by atoms with Crippen LogP contribution < -0.4 is 0 Å². The predicted molar refractivity (Wildman–Crippen MR) is 51.6 cm³/mol. The van der Waals surface area contributed by atoms with Gasteiger partial charge >= 0.3 is 6.09 Å². The second-order valence-corrected chi connectivity index (χ2v) is 4.82. The fourth-order valence-electron chi connectivity index (χ4n) is 1.43. The highest BCUT2D eigenvalue weighted by molar-refractivity contribution is 5.68. The van der Waals surface area contributed by atoms with Gasteiger partial charge in [-0.25, -0.2) is 4.79 Å². The number of carbonyl (C=O) groups excluding carboxylic acids is 1. The zero-order valence-electron chi connectivity index (χ0n) is 8.96. The number of carbonyl (C=O) groups is 1. The lowest BCUT2D eigenvalue weighted by Crippen LogP contribution is -2.35. The van der Waals surface area contributed by atoms with Crippen molar-refractivity contribution in [2.24, 2.45) is 5.92 Å². The Balaban J connectivity index is 2.41. The van der Waals surface area contributed by atoms with Gasteiger partial charge in [0.05, 0.1) is 0 Å². The quantitative estimate of drug-likeness (QED) is 0.579. The molecule has 0 aromatic carbocycles. The number of ether oxygens (including phenoxy) is 1. The minimum Gasteiger partial charge on any atom is -0.444 e. The second-order valence-electron chi connectivity index (χ2n) is 4.82. The topological polar surface area (TPSA) is 29.5 Å². The van der Waals surface area contributed by atoms with E-state index < -0.39 is 0 Å². The van der Waals surface area contributed by atoms with E-state index in [1.807, 2.05) is 20.8 Å². The highest BCUT2D eigenvalue weighted by atomic mass is 16.6. The van der Waals surface area contributed by atoms with E-state index in [4.69, 9.17) is 4.74 Å². The van der Waals surface area contributed by atoms with Crippen molar-refractivity contribution < 1.29 is 9.53 Å². The first-order chi connectivity index (χ1) is 5.88. The van der Waals surface area contributed by atoms with Crippen LogP contribution in [0, 0.1) is 5.92 Å². The van der Waals surface area contributed by atoms with Gasteiger partial charge in [-0.2, -0.15) is 0 Å². The average Bonchev–Trinajstić information content (AvgIpc) is 2.31. The van der Waals surface area contributed by atoms with Crippen LogP contribution >= 0.6 is 0 Å². The summed E-state index contributed by atoms with van der Waals surface area (Å²) in [5.41, 5.74) is -0.372. The molecule has 0 aromatic rings. The first kappa shape index (κ1) is 10.4. The SMILES string of the molecule is C[C@@H]1CCN(C(=O)OC(C)(C)C)C1. The Kier molecular flexibility index (Phi) is 2.84. The van der Waals surface area contributed by atoms with E-state index in [9.17, 15) is 4.79 Å². The zero-order valence-corrected chi connectivity index (χ0v) is 8.96. The molecule has 1 aliphatic heterocycles. The van der Waals surface area contributed by atoms with Crippen molar-refractivity contribution in [1.82, 2.24) is 4.90 Å². The molecule has 0 saturated carbocycles. The Morgan fingerprint density at radius 2 is 2.08 bits per heavy atom. The summed E-state index contributed by atoms with van der Waals surface area (Å²) in [5.74, 6) is 0.618. The maximum atomic E-state index is 11.5. The van der Waals surface area contributed by atoms with Crippen LogP contribution in [0.25, 0.3) is 0 Å². The molecule has 0 spiro atoms. The van der Waals surface area contributed by atoms with Crippen LogP contribution in [0.5, 0.6) is 0 Å². The smallest absolute Gasteiger partial charge is 0.410 e. The molecule has 3 heteroatoms. The van der Waals surface area contributed by atoms with Crippen LogP contribution in [0.3, 0.4) is 0 Å². The molecule has 0 radical (unpaired) electrons. The lowest BCUT2D eigenvalue weighted by molar-refractivity contribution is 0.0289. The van der Waals surface area contributed by atoms with Crippen molar-refractivity contribution in [3.63, 3.8) is 0 Å². The van der Waals surface area contributed by atoms with Gasteiger partial charge in [-0.3, -0.25) is 0 Å². The largest absolute Gasteiger partial charge is 0.444 e. The summed E-state index contributed by atoms with van der Waals surface area (Å²) < 4.78 is 5.26. The molecular formula is C10H19NO2. The maximum absolute atomic E-state index is 11.5. The van der Waals surface area contributed by atoms with Gasteiger partial charge in [0.2, 0.25) is 0 Å². The van der Waals surface area contributed by atoms with Gasteiger partial charge in [-0.05, 0) is 33.1 Å². The van der Waals surface area contributed by atoms with Gasteiger partial charge in [0.1, 0.15) is 5.60 Å². The Labute approximate surface area is 80.1 Å². The Morgan fingerprint density at radius 1 is 1.46 bits per heavy atom. The van der Waals surface area contributed by atoms with Gasteiger partial charge in [0, 0.05) is 13.1 Å². The number of amides is 1. The van der Waals surface area contributed by atoms with Crippen molar-refractivity contribution in [3.8, 4) is 0 Å². The van der Waals surface area contributed by atoms with Crippen LogP contribution in [0.1, 0.15) is 34.1 Å². The van der Waals surface area contributed by atoms with Crippen molar-refractivity contribution in [1.29, 1.82) is 0 Å². The summed E-state index contributed by atoms with van der Waals surface area (Å²) in [7, 11) is 0. The Hall–Kier alpha value is -0.730. The molecule has 1 amide bonds. The molecule has 13 heavy (non-hydrogen) atoms. The third-order valence-electron chi connectivity index (χ3n) is 2.08. The lowest BCUT2D eigenvalue weighted by atomic mass is 10.2. The summed E-state index contributed by atoms with van der Waals surface area (Å²) in [6.07, 6.45) is 0.927. The minimum absolute atomic E-state index is 0.170. The molecular weight excluding hydrogens is 166 g/mol. The van der Waals surface area contributed by atoms with Crippen LogP contribution in [0.2, 0.25) is 0 Å². The average molecular weight is 185 g/mol. The van der Waals surface area contributed by atoms with Crippen molar-refractivity contribution in [2.45, 2.75) is 39.7 Å². The molecule has 3 nitrogen and oxygen atoms in total. The van der Waals surface area contributed by atoms with E-state index in [1.54, 1.807) is 4.90 Å². The van der Waals surface area contributed by atoms with Crippen LogP contribution in [-0.4, -0.2) is 29.7 Å². The first-order valence-electron chi connectivity index (χ1n) is 4.86. The molecule has 1 heterocycles. The van der Waals surface area contributed by atoms with Gasteiger partial charge in [0.15, 0.2) is 0 Å². The molecule has 76 valence electrons. The maximum Gasteiger partial charge on any atom is 0.410 e. The third-order valence-corrected chi connectivity index (χ3v) is 2.08. The second kappa shape index (κ2) is 3.56. The Bertz CT molecular complexity index is 196. The molecule has 1 rings (SSSR count). The molecule has 0 N–H and O–H groups in total. The third kappa shape index (κ3) is 3.25. The number of hydrogen-bond acceptors (Lipinski definition) is 2. The standard InChI is InChI=1S/C10H19NO2/c1-8-5-6-11(7-8)9(12)13-10(2,3)4/h8H,5-7H2,1-4H3/t8-/m1/s1. The van der Waals surface area contributed by atoms with Crippen molar-refractivity contribution >= 4 is 6.09 Å². The molecule has 0 bridgehead atoms. The van der Waals surface area contributed by atoms with Crippen LogP contribution in [0.4, 0.5) is 4.79 Å². The lowest BCUT2D eigenvalue weighted by Gasteiger charge is -2.24. The fraction of sp³-hybridized carbons (Fsp3) is 0.900. The van der Waals surface area contributed by atoms with E-state index >= 15 is 0 Å². The van der Waals surface area contributed by atoms with E-state index in [1.165, 1.54) is 0 Å². The van der Waals surface area contributed by atoms with Gasteiger partial charge in [-0.1, -0.05) is 6.92 Å². The molecule has 1 aliphatic rings. The highest BCUT2D eigenvalue weighted by Gasteiger charge is 2.27. The van der Waals surface area contributed by atoms with E-state index in [-0.39, 0.29) is 11.7 Å². The summed E-state index contributed by atoms with van der Waals surface area (Å²) in [5, 5.41) is 0. The van der Waals surface area contributed by atoms with Crippen molar-refractivity contribution in [3.05, 3.63) is 0 Å². The molecule has 0 unspecified atom stereocenters. The summed E-state index contributed by atoms with van der Waals surface area (Å²) in [6.45, 7) is 9.52. The summed E-state index contributed by atoms with van der Waals surface area (Å²) in [6, 6.07) is 0. The van der Waals surface area contributed by atoms with E-state index in [0.717, 1.165) is 19.5 Å². The van der Waals surface area contributed by atoms with Crippen LogP contribution in [-0.2, 0) is 4.74 Å². The number of likely N-dealkylation sites (tertiary alicyclic amines) is 1. The number of nitrogens with zero attached hydrogens (tertiary/aromatic N) is 1. The normalized spacial score (nSPS) is 23.4. The van der Waals surface area contributed by atoms with Gasteiger partial charge in [0.25, 0.3) is 0 Å². The van der Waals surface area contributed by atoms with Gasteiger partial charge in [-0.15, -0.1) is 0 Å². The molecule has 1 atom stereocenters. The molecule has 0 aromatic heterocycles. The van der Waals surface area contributed by atoms with Crippen LogP contribution in [0.15, 0.2) is 0 Å². The predicted octanol–water partition coefficient (Wildman–Crippen LogP) is 2.26. The minimum atomic E-state index is -0.372. The van der Waals surface area contributed by atoms with Crippen molar-refractivity contribution in [2.75, 3.05) is 13.1 Å². The Morgan fingerprint density at radius 3 is 2.46 bits per heavy atom. The zero-order chi connectivity index (χ0) is 10.1. The summed E-state index contributed by atoms with van der Waals surface area (Å²) in [4.78, 5) is 13.3. The molecule has 1 saturated heterocycles. The highest BCUT2D eigenvalue weighted by Crippen LogP contribution is 2.18. The summed E-state index contributed by atoms with van der Waals surface area (Å²) >= 11 is 0.